The molecule has 94 valence electrons. The molecule has 0 aliphatic heterocycles. The van der Waals surface area contributed by atoms with Crippen LogP contribution in [0.3, 0.4) is 0 Å². The number of rotatable bonds is 3. The number of benzene rings is 1. The SMILES string of the molecule is CCN(c1ccc(C)cc1)c1cc(Cl)nc(C)n1. The summed E-state index contributed by atoms with van der Waals surface area (Å²) in [6.45, 7) is 6.84. The van der Waals surface area contributed by atoms with Crippen LogP contribution in [-0.2, 0) is 0 Å². The molecule has 0 atom stereocenters. The highest BCUT2D eigenvalue weighted by Crippen LogP contribution is 2.25. The molecule has 0 N–H and O–H groups in total. The predicted molar refractivity (Wildman–Crippen MR) is 75.6 cm³/mol. The molecule has 0 aliphatic carbocycles. The molecule has 0 bridgehead atoms. The fourth-order valence-electron chi connectivity index (χ4n) is 1.86. The van der Waals surface area contributed by atoms with Gasteiger partial charge in [0.1, 0.15) is 16.8 Å². The standard InChI is InChI=1S/C14H16ClN3/c1-4-18(12-7-5-10(2)6-8-12)14-9-13(15)16-11(3)17-14/h5-9H,4H2,1-3H3. The molecule has 2 aromatic rings. The lowest BCUT2D eigenvalue weighted by atomic mass is 10.2. The number of anilines is 2. The van der Waals surface area contributed by atoms with E-state index in [9.17, 15) is 0 Å². The second-order valence-electron chi connectivity index (χ2n) is 4.18. The highest BCUT2D eigenvalue weighted by atomic mass is 35.5. The minimum atomic E-state index is 0.475. The van der Waals surface area contributed by atoms with Gasteiger partial charge in [-0.3, -0.25) is 0 Å². The van der Waals surface area contributed by atoms with Gasteiger partial charge < -0.3 is 4.90 Å². The summed E-state index contributed by atoms with van der Waals surface area (Å²) in [5, 5.41) is 0.475. The Morgan fingerprint density at radius 2 is 1.78 bits per heavy atom. The Morgan fingerprint density at radius 1 is 1.11 bits per heavy atom. The number of aromatic nitrogens is 2. The minimum absolute atomic E-state index is 0.475. The quantitative estimate of drug-likeness (QED) is 0.785. The molecule has 3 nitrogen and oxygen atoms in total. The zero-order chi connectivity index (χ0) is 13.1. The summed E-state index contributed by atoms with van der Waals surface area (Å²) in [7, 11) is 0. The van der Waals surface area contributed by atoms with Crippen molar-refractivity contribution in [2.24, 2.45) is 0 Å². The van der Waals surface area contributed by atoms with Crippen LogP contribution in [-0.4, -0.2) is 16.5 Å². The Bertz CT molecular complexity index is 517. The average molecular weight is 262 g/mol. The fraction of sp³-hybridized carbons (Fsp3) is 0.286. The van der Waals surface area contributed by atoms with Gasteiger partial charge >= 0.3 is 0 Å². The van der Waals surface area contributed by atoms with Gasteiger partial charge in [0.15, 0.2) is 0 Å². The number of halogens is 1. The maximum atomic E-state index is 5.99. The third-order valence-corrected chi connectivity index (χ3v) is 2.93. The van der Waals surface area contributed by atoms with Crippen molar-refractivity contribution < 1.29 is 0 Å². The van der Waals surface area contributed by atoms with Crippen molar-refractivity contribution in [2.75, 3.05) is 11.4 Å². The van der Waals surface area contributed by atoms with E-state index < -0.39 is 0 Å². The van der Waals surface area contributed by atoms with Gasteiger partial charge in [0.05, 0.1) is 0 Å². The first-order valence-corrected chi connectivity index (χ1v) is 6.33. The van der Waals surface area contributed by atoms with Crippen molar-refractivity contribution in [3.8, 4) is 0 Å². The summed E-state index contributed by atoms with van der Waals surface area (Å²) in [5.41, 5.74) is 2.35. The molecule has 0 saturated heterocycles. The molecule has 0 amide bonds. The van der Waals surface area contributed by atoms with E-state index in [1.807, 2.05) is 6.92 Å². The molecule has 18 heavy (non-hydrogen) atoms. The van der Waals surface area contributed by atoms with Gasteiger partial charge in [-0.2, -0.15) is 0 Å². The maximum absolute atomic E-state index is 5.99. The summed E-state index contributed by atoms with van der Waals surface area (Å²) >= 11 is 5.99. The average Bonchev–Trinajstić information content (AvgIpc) is 2.31. The van der Waals surface area contributed by atoms with Crippen molar-refractivity contribution >= 4 is 23.1 Å². The third kappa shape index (κ3) is 2.79. The molecule has 1 heterocycles. The van der Waals surface area contributed by atoms with Crippen molar-refractivity contribution in [1.29, 1.82) is 0 Å². The van der Waals surface area contributed by atoms with E-state index in [4.69, 9.17) is 11.6 Å². The minimum Gasteiger partial charge on any atom is -0.327 e. The predicted octanol–water partition coefficient (Wildman–Crippen LogP) is 3.90. The topological polar surface area (TPSA) is 29.0 Å². The highest BCUT2D eigenvalue weighted by molar-refractivity contribution is 6.29. The molecule has 0 radical (unpaired) electrons. The molecule has 0 unspecified atom stereocenters. The summed E-state index contributed by atoms with van der Waals surface area (Å²) in [5.74, 6) is 1.52. The highest BCUT2D eigenvalue weighted by Gasteiger charge is 2.10. The molecule has 0 fully saturated rings. The van der Waals surface area contributed by atoms with E-state index in [0.29, 0.717) is 11.0 Å². The molecule has 0 aliphatic rings. The van der Waals surface area contributed by atoms with Gasteiger partial charge in [0.2, 0.25) is 0 Å². The second kappa shape index (κ2) is 5.36. The van der Waals surface area contributed by atoms with Gasteiger partial charge in [-0.1, -0.05) is 29.3 Å². The van der Waals surface area contributed by atoms with Crippen molar-refractivity contribution in [3.63, 3.8) is 0 Å². The van der Waals surface area contributed by atoms with Crippen LogP contribution in [0.15, 0.2) is 30.3 Å². The van der Waals surface area contributed by atoms with E-state index in [1.165, 1.54) is 5.56 Å². The molecule has 4 heteroatoms. The first-order valence-electron chi connectivity index (χ1n) is 5.95. The van der Waals surface area contributed by atoms with Crippen molar-refractivity contribution in [2.45, 2.75) is 20.8 Å². The van der Waals surface area contributed by atoms with Crippen molar-refractivity contribution in [3.05, 3.63) is 46.9 Å². The number of hydrogen-bond acceptors (Lipinski definition) is 3. The van der Waals surface area contributed by atoms with Crippen LogP contribution in [0, 0.1) is 13.8 Å². The molecular formula is C14H16ClN3. The van der Waals surface area contributed by atoms with E-state index in [1.54, 1.807) is 6.07 Å². The Hall–Kier alpha value is -1.61. The smallest absolute Gasteiger partial charge is 0.138 e. The summed E-state index contributed by atoms with van der Waals surface area (Å²) < 4.78 is 0. The lowest BCUT2D eigenvalue weighted by molar-refractivity contribution is 0.951. The largest absolute Gasteiger partial charge is 0.327 e. The Kier molecular flexibility index (Phi) is 3.82. The van der Waals surface area contributed by atoms with Crippen LogP contribution < -0.4 is 4.90 Å². The maximum Gasteiger partial charge on any atom is 0.138 e. The zero-order valence-electron chi connectivity index (χ0n) is 10.8. The van der Waals surface area contributed by atoms with Crippen LogP contribution in [0.25, 0.3) is 0 Å². The second-order valence-corrected chi connectivity index (χ2v) is 4.56. The first kappa shape index (κ1) is 12.8. The Labute approximate surface area is 112 Å². The van der Waals surface area contributed by atoms with Crippen LogP contribution in [0.4, 0.5) is 11.5 Å². The monoisotopic (exact) mass is 261 g/mol. The molecule has 0 spiro atoms. The Balaban J connectivity index is 2.41. The van der Waals surface area contributed by atoms with Gasteiger partial charge in [0.25, 0.3) is 0 Å². The Morgan fingerprint density at radius 3 is 2.33 bits per heavy atom. The van der Waals surface area contributed by atoms with E-state index >= 15 is 0 Å². The van der Waals surface area contributed by atoms with Gasteiger partial charge in [-0.15, -0.1) is 0 Å². The molecule has 0 saturated carbocycles. The number of nitrogens with zero attached hydrogens (tertiary/aromatic N) is 3. The van der Waals surface area contributed by atoms with Crippen LogP contribution in [0.2, 0.25) is 5.15 Å². The first-order chi connectivity index (χ1) is 8.60. The van der Waals surface area contributed by atoms with E-state index in [2.05, 4.69) is 53.0 Å². The van der Waals surface area contributed by atoms with Gasteiger partial charge in [-0.05, 0) is 32.9 Å². The molecule has 1 aromatic heterocycles. The van der Waals surface area contributed by atoms with Gasteiger partial charge in [0, 0.05) is 18.3 Å². The van der Waals surface area contributed by atoms with Crippen LogP contribution in [0.5, 0.6) is 0 Å². The van der Waals surface area contributed by atoms with E-state index in [-0.39, 0.29) is 0 Å². The zero-order valence-corrected chi connectivity index (χ0v) is 11.6. The molecule has 1 aromatic carbocycles. The number of aryl methyl sites for hydroxylation is 2. The normalized spacial score (nSPS) is 10.4. The van der Waals surface area contributed by atoms with Gasteiger partial charge in [-0.25, -0.2) is 9.97 Å². The summed E-state index contributed by atoms with van der Waals surface area (Å²) in [6, 6.07) is 10.1. The number of hydrogen-bond donors (Lipinski definition) is 0. The lowest BCUT2D eigenvalue weighted by Crippen LogP contribution is -2.18. The lowest BCUT2D eigenvalue weighted by Gasteiger charge is -2.22. The molecular weight excluding hydrogens is 246 g/mol. The summed E-state index contributed by atoms with van der Waals surface area (Å²) in [6.07, 6.45) is 0. The van der Waals surface area contributed by atoms with Crippen LogP contribution >= 0.6 is 11.6 Å². The summed E-state index contributed by atoms with van der Waals surface area (Å²) in [4.78, 5) is 10.6. The van der Waals surface area contributed by atoms with Crippen molar-refractivity contribution in [1.82, 2.24) is 9.97 Å². The van der Waals surface area contributed by atoms with E-state index in [0.717, 1.165) is 18.1 Å². The molecule has 2 rings (SSSR count). The third-order valence-electron chi connectivity index (χ3n) is 2.73. The van der Waals surface area contributed by atoms with Crippen LogP contribution in [0.1, 0.15) is 18.3 Å². The fourth-order valence-corrected chi connectivity index (χ4v) is 2.08.